The van der Waals surface area contributed by atoms with Gasteiger partial charge < -0.3 is 15.4 Å². The van der Waals surface area contributed by atoms with Crippen LogP contribution in [0.2, 0.25) is 0 Å². The van der Waals surface area contributed by atoms with Gasteiger partial charge in [0.2, 0.25) is 0 Å². The molecule has 3 aromatic rings. The number of nitrogens with zero attached hydrogens (tertiary/aromatic N) is 3. The van der Waals surface area contributed by atoms with E-state index < -0.39 is 0 Å². The summed E-state index contributed by atoms with van der Waals surface area (Å²) < 4.78 is 4.70. The first-order valence-electron chi connectivity index (χ1n) is 8.08. The molecule has 26 heavy (non-hydrogen) atoms. The highest BCUT2D eigenvalue weighted by Crippen LogP contribution is 2.18. The Labute approximate surface area is 151 Å². The number of hydrogen-bond donors (Lipinski definition) is 2. The van der Waals surface area contributed by atoms with Crippen LogP contribution in [0.4, 0.5) is 17.3 Å². The van der Waals surface area contributed by atoms with Crippen molar-refractivity contribution in [2.45, 2.75) is 13.5 Å². The largest absolute Gasteiger partial charge is 0.465 e. The van der Waals surface area contributed by atoms with Gasteiger partial charge in [-0.3, -0.25) is 4.98 Å². The number of hydrogen-bond acceptors (Lipinski definition) is 7. The minimum absolute atomic E-state index is 0.365. The summed E-state index contributed by atoms with van der Waals surface area (Å²) in [6, 6.07) is 12.7. The van der Waals surface area contributed by atoms with Crippen LogP contribution in [-0.4, -0.2) is 28.0 Å². The highest BCUT2D eigenvalue weighted by Gasteiger charge is 2.06. The molecular weight excluding hydrogens is 330 g/mol. The molecule has 0 radical (unpaired) electrons. The average Bonchev–Trinajstić information content (AvgIpc) is 2.67. The van der Waals surface area contributed by atoms with Gasteiger partial charge in [0.1, 0.15) is 17.5 Å². The lowest BCUT2D eigenvalue weighted by molar-refractivity contribution is 0.0601. The third kappa shape index (κ3) is 4.54. The molecule has 0 fully saturated rings. The monoisotopic (exact) mass is 349 g/mol. The van der Waals surface area contributed by atoms with Crippen LogP contribution in [0.15, 0.2) is 54.9 Å². The summed E-state index contributed by atoms with van der Waals surface area (Å²) >= 11 is 0. The minimum atomic E-state index is -0.365. The summed E-state index contributed by atoms with van der Waals surface area (Å²) in [5.74, 6) is 1.67. The number of carbonyl (C=O) groups is 1. The van der Waals surface area contributed by atoms with Crippen molar-refractivity contribution in [3.8, 4) is 0 Å². The number of anilines is 3. The number of aryl methyl sites for hydroxylation is 1. The normalized spacial score (nSPS) is 10.2. The van der Waals surface area contributed by atoms with Gasteiger partial charge in [0.25, 0.3) is 0 Å². The fourth-order valence-electron chi connectivity index (χ4n) is 2.37. The number of rotatable bonds is 6. The van der Waals surface area contributed by atoms with Crippen LogP contribution in [0.1, 0.15) is 21.7 Å². The SMILES string of the molecule is COC(=O)c1ccc(Nc2cc(NCc3cccnc3)nc(C)n2)cc1. The lowest BCUT2D eigenvalue weighted by atomic mass is 10.2. The third-order valence-electron chi connectivity index (χ3n) is 3.61. The van der Waals surface area contributed by atoms with E-state index in [1.807, 2.05) is 31.3 Å². The highest BCUT2D eigenvalue weighted by atomic mass is 16.5. The molecule has 0 saturated heterocycles. The molecule has 0 bridgehead atoms. The summed E-state index contributed by atoms with van der Waals surface area (Å²) in [7, 11) is 1.36. The van der Waals surface area contributed by atoms with Crippen LogP contribution in [0.3, 0.4) is 0 Å². The summed E-state index contributed by atoms with van der Waals surface area (Å²) in [5, 5.41) is 6.48. The van der Waals surface area contributed by atoms with Crippen molar-refractivity contribution in [1.82, 2.24) is 15.0 Å². The fourth-order valence-corrected chi connectivity index (χ4v) is 2.37. The van der Waals surface area contributed by atoms with Gasteiger partial charge in [0.15, 0.2) is 0 Å². The Morgan fingerprint density at radius 3 is 2.58 bits per heavy atom. The number of aromatic nitrogens is 3. The average molecular weight is 349 g/mol. The molecule has 0 spiro atoms. The van der Waals surface area contributed by atoms with E-state index >= 15 is 0 Å². The zero-order valence-corrected chi connectivity index (χ0v) is 14.6. The molecule has 2 N–H and O–H groups in total. The Balaban J connectivity index is 1.70. The maximum Gasteiger partial charge on any atom is 0.337 e. The molecule has 0 saturated carbocycles. The Hall–Kier alpha value is -3.48. The number of pyridine rings is 1. The van der Waals surface area contributed by atoms with E-state index in [1.54, 1.807) is 30.5 Å². The van der Waals surface area contributed by atoms with Crippen LogP contribution >= 0.6 is 0 Å². The first-order valence-corrected chi connectivity index (χ1v) is 8.08. The second kappa shape index (κ2) is 8.06. The number of esters is 1. The Morgan fingerprint density at radius 1 is 1.12 bits per heavy atom. The molecule has 0 aliphatic rings. The van der Waals surface area contributed by atoms with Crippen LogP contribution in [-0.2, 0) is 11.3 Å². The van der Waals surface area contributed by atoms with Gasteiger partial charge in [-0.1, -0.05) is 6.07 Å². The molecule has 0 unspecified atom stereocenters. The molecular formula is C19H19N5O2. The second-order valence-electron chi connectivity index (χ2n) is 5.59. The maximum atomic E-state index is 11.5. The zero-order valence-electron chi connectivity index (χ0n) is 14.6. The van der Waals surface area contributed by atoms with E-state index in [4.69, 9.17) is 4.74 Å². The Morgan fingerprint density at radius 2 is 1.88 bits per heavy atom. The van der Waals surface area contributed by atoms with Crippen molar-refractivity contribution in [1.29, 1.82) is 0 Å². The molecule has 2 aromatic heterocycles. The van der Waals surface area contributed by atoms with Crippen LogP contribution in [0.25, 0.3) is 0 Å². The smallest absolute Gasteiger partial charge is 0.337 e. The number of carbonyl (C=O) groups excluding carboxylic acids is 1. The van der Waals surface area contributed by atoms with E-state index in [0.29, 0.717) is 23.8 Å². The van der Waals surface area contributed by atoms with Gasteiger partial charge in [-0.05, 0) is 42.8 Å². The summed E-state index contributed by atoms with van der Waals surface area (Å²) in [5.41, 5.74) is 2.38. The summed E-state index contributed by atoms with van der Waals surface area (Å²) in [4.78, 5) is 24.4. The second-order valence-corrected chi connectivity index (χ2v) is 5.59. The quantitative estimate of drug-likeness (QED) is 0.660. The van der Waals surface area contributed by atoms with E-state index in [9.17, 15) is 4.79 Å². The number of ether oxygens (including phenoxy) is 1. The first kappa shape index (κ1) is 17.3. The molecule has 0 aliphatic carbocycles. The minimum Gasteiger partial charge on any atom is -0.465 e. The first-order chi connectivity index (χ1) is 12.6. The van der Waals surface area contributed by atoms with Crippen molar-refractivity contribution in [3.05, 3.63) is 71.8 Å². The number of methoxy groups -OCH3 is 1. The lowest BCUT2D eigenvalue weighted by Gasteiger charge is -2.10. The highest BCUT2D eigenvalue weighted by molar-refractivity contribution is 5.89. The van der Waals surface area contributed by atoms with Crippen molar-refractivity contribution in [3.63, 3.8) is 0 Å². The van der Waals surface area contributed by atoms with E-state index in [-0.39, 0.29) is 5.97 Å². The molecule has 0 amide bonds. The van der Waals surface area contributed by atoms with Gasteiger partial charge >= 0.3 is 5.97 Å². The van der Waals surface area contributed by atoms with Gasteiger partial charge in [-0.25, -0.2) is 14.8 Å². The molecule has 3 rings (SSSR count). The van der Waals surface area contributed by atoms with Gasteiger partial charge in [-0.15, -0.1) is 0 Å². The molecule has 7 nitrogen and oxygen atoms in total. The van der Waals surface area contributed by atoms with Crippen molar-refractivity contribution < 1.29 is 9.53 Å². The summed E-state index contributed by atoms with van der Waals surface area (Å²) in [6.07, 6.45) is 3.55. The molecule has 7 heteroatoms. The molecule has 0 aliphatic heterocycles. The van der Waals surface area contributed by atoms with Crippen molar-refractivity contribution in [2.75, 3.05) is 17.7 Å². The van der Waals surface area contributed by atoms with E-state index in [1.165, 1.54) is 7.11 Å². The standard InChI is InChI=1S/C19H19N5O2/c1-13-22-17(21-12-14-4-3-9-20-11-14)10-18(23-13)24-16-7-5-15(6-8-16)19(25)26-2/h3-11H,12H2,1-2H3,(H2,21,22,23,24). The number of nitrogens with one attached hydrogen (secondary N) is 2. The van der Waals surface area contributed by atoms with Crippen molar-refractivity contribution >= 4 is 23.3 Å². The van der Waals surface area contributed by atoms with Gasteiger partial charge in [-0.2, -0.15) is 0 Å². The van der Waals surface area contributed by atoms with Gasteiger partial charge in [0.05, 0.1) is 12.7 Å². The topological polar surface area (TPSA) is 89.0 Å². The van der Waals surface area contributed by atoms with Crippen LogP contribution in [0.5, 0.6) is 0 Å². The zero-order chi connectivity index (χ0) is 18.4. The molecule has 0 atom stereocenters. The predicted octanol–water partition coefficient (Wildman–Crippen LogP) is 3.32. The van der Waals surface area contributed by atoms with E-state index in [0.717, 1.165) is 17.1 Å². The summed E-state index contributed by atoms with van der Waals surface area (Å²) in [6.45, 7) is 2.46. The Bertz CT molecular complexity index is 882. The molecule has 132 valence electrons. The van der Waals surface area contributed by atoms with Gasteiger partial charge in [0, 0.05) is 30.7 Å². The maximum absolute atomic E-state index is 11.5. The Kier molecular flexibility index (Phi) is 5.38. The lowest BCUT2D eigenvalue weighted by Crippen LogP contribution is -2.05. The third-order valence-corrected chi connectivity index (χ3v) is 3.61. The van der Waals surface area contributed by atoms with Crippen LogP contribution in [0, 0.1) is 6.92 Å². The van der Waals surface area contributed by atoms with Crippen molar-refractivity contribution in [2.24, 2.45) is 0 Å². The van der Waals surface area contributed by atoms with E-state index in [2.05, 4.69) is 25.6 Å². The predicted molar refractivity (Wildman–Crippen MR) is 99.4 cm³/mol. The number of benzene rings is 1. The van der Waals surface area contributed by atoms with Crippen LogP contribution < -0.4 is 10.6 Å². The fraction of sp³-hybridized carbons (Fsp3) is 0.158. The molecule has 1 aromatic carbocycles. The molecule has 2 heterocycles.